The molecule has 128 valence electrons. The molecule has 2 N–H and O–H groups in total. The molecule has 0 atom stereocenters. The first-order valence-electron chi connectivity index (χ1n) is 8.43. The number of unbranched alkanes of at least 4 members (excludes halogenated alkanes) is 3. The monoisotopic (exact) mass is 320 g/mol. The molecule has 0 heterocycles. The van der Waals surface area contributed by atoms with Crippen LogP contribution in [0.4, 0.5) is 4.79 Å². The lowest BCUT2D eigenvalue weighted by molar-refractivity contribution is -0.121. The van der Waals surface area contributed by atoms with Crippen LogP contribution in [-0.4, -0.2) is 25.1 Å². The van der Waals surface area contributed by atoms with Crippen LogP contribution in [0, 0.1) is 0 Å². The van der Waals surface area contributed by atoms with Crippen molar-refractivity contribution >= 4 is 12.0 Å². The number of carbonyl (C=O) groups is 2. The Bertz CT molecular complexity index is 449. The van der Waals surface area contributed by atoms with Crippen molar-refractivity contribution in [1.29, 1.82) is 0 Å². The van der Waals surface area contributed by atoms with Gasteiger partial charge in [0.15, 0.2) is 0 Å². The zero-order chi connectivity index (χ0) is 16.8. The van der Waals surface area contributed by atoms with Crippen molar-refractivity contribution in [2.24, 2.45) is 0 Å². The van der Waals surface area contributed by atoms with Crippen molar-refractivity contribution in [2.75, 3.05) is 13.1 Å². The summed E-state index contributed by atoms with van der Waals surface area (Å²) in [5.41, 5.74) is 0.969. The fourth-order valence-corrected chi connectivity index (χ4v) is 2.04. The number of rotatable bonds is 11. The Kier molecular flexibility index (Phi) is 10.3. The number of amides is 2. The minimum absolute atomic E-state index is 0.119. The van der Waals surface area contributed by atoms with Crippen molar-refractivity contribution in [1.82, 2.24) is 10.6 Å². The topological polar surface area (TPSA) is 67.4 Å². The third-order valence-electron chi connectivity index (χ3n) is 3.42. The number of hydrogen-bond acceptors (Lipinski definition) is 3. The first kappa shape index (κ1) is 19.0. The van der Waals surface area contributed by atoms with E-state index in [1.54, 1.807) is 0 Å². The molecule has 0 aliphatic carbocycles. The van der Waals surface area contributed by atoms with Gasteiger partial charge in [0.2, 0.25) is 5.91 Å². The lowest BCUT2D eigenvalue weighted by Crippen LogP contribution is -2.25. The number of nitrogens with one attached hydrogen (secondary N) is 2. The summed E-state index contributed by atoms with van der Waals surface area (Å²) in [5, 5.41) is 5.62. The molecular weight excluding hydrogens is 292 g/mol. The van der Waals surface area contributed by atoms with Crippen LogP contribution in [0.3, 0.4) is 0 Å². The van der Waals surface area contributed by atoms with Gasteiger partial charge in [0, 0.05) is 19.5 Å². The Morgan fingerprint density at radius 3 is 2.43 bits per heavy atom. The van der Waals surface area contributed by atoms with Crippen LogP contribution in [0.5, 0.6) is 0 Å². The molecule has 0 fully saturated rings. The molecule has 5 nitrogen and oxygen atoms in total. The normalized spacial score (nSPS) is 10.1. The molecule has 0 unspecified atom stereocenters. The molecule has 0 bridgehead atoms. The van der Waals surface area contributed by atoms with E-state index in [1.807, 2.05) is 30.3 Å². The first-order chi connectivity index (χ1) is 11.2. The van der Waals surface area contributed by atoms with Crippen LogP contribution >= 0.6 is 0 Å². The molecule has 0 saturated heterocycles. The van der Waals surface area contributed by atoms with Gasteiger partial charge < -0.3 is 15.4 Å². The van der Waals surface area contributed by atoms with Gasteiger partial charge in [-0.25, -0.2) is 4.79 Å². The molecule has 2 amide bonds. The van der Waals surface area contributed by atoms with Crippen molar-refractivity contribution < 1.29 is 14.3 Å². The van der Waals surface area contributed by atoms with Crippen molar-refractivity contribution in [3.63, 3.8) is 0 Å². The molecule has 5 heteroatoms. The highest BCUT2D eigenvalue weighted by Crippen LogP contribution is 2.01. The molecule has 0 aromatic heterocycles. The highest BCUT2D eigenvalue weighted by atomic mass is 16.5. The summed E-state index contributed by atoms with van der Waals surface area (Å²) < 4.78 is 5.11. The third-order valence-corrected chi connectivity index (χ3v) is 3.42. The van der Waals surface area contributed by atoms with E-state index in [9.17, 15) is 9.59 Å². The van der Waals surface area contributed by atoms with Gasteiger partial charge in [-0.3, -0.25) is 4.79 Å². The lowest BCUT2D eigenvalue weighted by Gasteiger charge is -2.07. The maximum absolute atomic E-state index is 11.5. The van der Waals surface area contributed by atoms with Crippen LogP contribution < -0.4 is 10.6 Å². The largest absolute Gasteiger partial charge is 0.445 e. The Balaban J connectivity index is 1.94. The third kappa shape index (κ3) is 10.3. The predicted octanol–water partition coefficient (Wildman–Crippen LogP) is 3.39. The van der Waals surface area contributed by atoms with Crippen LogP contribution in [0.1, 0.15) is 51.0 Å². The van der Waals surface area contributed by atoms with E-state index in [1.165, 1.54) is 0 Å². The zero-order valence-corrected chi connectivity index (χ0v) is 14.0. The van der Waals surface area contributed by atoms with Gasteiger partial charge >= 0.3 is 6.09 Å². The minimum atomic E-state index is -0.397. The molecule has 0 radical (unpaired) electrons. The average molecular weight is 320 g/mol. The van der Waals surface area contributed by atoms with E-state index in [0.717, 1.165) is 44.2 Å². The highest BCUT2D eigenvalue weighted by molar-refractivity contribution is 5.75. The van der Waals surface area contributed by atoms with Gasteiger partial charge in [-0.05, 0) is 24.8 Å². The van der Waals surface area contributed by atoms with E-state index in [0.29, 0.717) is 13.0 Å². The molecular formula is C18H28N2O3. The summed E-state index contributed by atoms with van der Waals surface area (Å²) in [7, 11) is 0. The van der Waals surface area contributed by atoms with Gasteiger partial charge in [0.25, 0.3) is 0 Å². The van der Waals surface area contributed by atoms with Gasteiger partial charge in [-0.15, -0.1) is 0 Å². The van der Waals surface area contributed by atoms with E-state index >= 15 is 0 Å². The standard InChI is InChI=1S/C18H28N2O3/c1-2-3-13-19-17(21)12-8-5-9-14-20-18(22)23-15-16-10-6-4-7-11-16/h4,6-7,10-11H,2-3,5,8-9,12-15H2,1H3,(H,19,21)(H,20,22). The van der Waals surface area contributed by atoms with Gasteiger partial charge in [-0.1, -0.05) is 50.1 Å². The molecule has 0 spiro atoms. The van der Waals surface area contributed by atoms with Gasteiger partial charge in [0.05, 0.1) is 0 Å². The summed E-state index contributed by atoms with van der Waals surface area (Å²) in [6.45, 7) is 3.73. The molecule has 0 aliphatic heterocycles. The summed E-state index contributed by atoms with van der Waals surface area (Å²) in [5.74, 6) is 0.119. The van der Waals surface area contributed by atoms with Crippen molar-refractivity contribution in [3.05, 3.63) is 35.9 Å². The maximum Gasteiger partial charge on any atom is 0.407 e. The number of benzene rings is 1. The maximum atomic E-state index is 11.5. The summed E-state index contributed by atoms with van der Waals surface area (Å²) >= 11 is 0. The Morgan fingerprint density at radius 1 is 0.957 bits per heavy atom. The highest BCUT2D eigenvalue weighted by Gasteiger charge is 2.03. The quantitative estimate of drug-likeness (QED) is 0.614. The second kappa shape index (κ2) is 12.5. The number of ether oxygens (including phenoxy) is 1. The van der Waals surface area contributed by atoms with Crippen molar-refractivity contribution in [3.8, 4) is 0 Å². The molecule has 23 heavy (non-hydrogen) atoms. The first-order valence-corrected chi connectivity index (χ1v) is 8.43. The second-order valence-corrected chi connectivity index (χ2v) is 5.50. The number of carbonyl (C=O) groups excluding carboxylic acids is 2. The predicted molar refractivity (Wildman–Crippen MR) is 91.0 cm³/mol. The SMILES string of the molecule is CCCCNC(=O)CCCCCNC(=O)OCc1ccccc1. The van der Waals surface area contributed by atoms with E-state index in [-0.39, 0.29) is 12.5 Å². The number of hydrogen-bond donors (Lipinski definition) is 2. The zero-order valence-electron chi connectivity index (χ0n) is 14.0. The Morgan fingerprint density at radius 2 is 1.70 bits per heavy atom. The molecule has 0 saturated carbocycles. The van der Waals surface area contributed by atoms with E-state index in [2.05, 4.69) is 17.6 Å². The molecule has 1 aromatic carbocycles. The number of alkyl carbamates (subject to hydrolysis) is 1. The summed E-state index contributed by atoms with van der Waals surface area (Å²) in [4.78, 5) is 23.0. The Labute approximate surface area is 138 Å². The van der Waals surface area contributed by atoms with Crippen LogP contribution in [0.15, 0.2) is 30.3 Å². The van der Waals surface area contributed by atoms with E-state index < -0.39 is 6.09 Å². The Hall–Kier alpha value is -2.04. The lowest BCUT2D eigenvalue weighted by atomic mass is 10.2. The van der Waals surface area contributed by atoms with Crippen LogP contribution in [0.25, 0.3) is 0 Å². The summed E-state index contributed by atoms with van der Waals surface area (Å²) in [6, 6.07) is 9.58. The van der Waals surface area contributed by atoms with Gasteiger partial charge in [0.1, 0.15) is 6.61 Å². The molecule has 1 aromatic rings. The van der Waals surface area contributed by atoms with Crippen LogP contribution in [0.2, 0.25) is 0 Å². The second-order valence-electron chi connectivity index (χ2n) is 5.50. The van der Waals surface area contributed by atoms with Crippen molar-refractivity contribution in [2.45, 2.75) is 52.1 Å². The fraction of sp³-hybridized carbons (Fsp3) is 0.556. The molecule has 1 rings (SSSR count). The summed E-state index contributed by atoms with van der Waals surface area (Å²) in [6.07, 6.45) is 4.89. The average Bonchev–Trinajstić information content (AvgIpc) is 2.57. The van der Waals surface area contributed by atoms with Gasteiger partial charge in [-0.2, -0.15) is 0 Å². The smallest absolute Gasteiger partial charge is 0.407 e. The minimum Gasteiger partial charge on any atom is -0.445 e. The molecule has 0 aliphatic rings. The fourth-order valence-electron chi connectivity index (χ4n) is 2.04. The van der Waals surface area contributed by atoms with E-state index in [4.69, 9.17) is 4.74 Å². The van der Waals surface area contributed by atoms with Crippen LogP contribution in [-0.2, 0) is 16.1 Å².